The number of benzene rings is 1. The molecule has 1 unspecified atom stereocenters. The summed E-state index contributed by atoms with van der Waals surface area (Å²) in [5.74, 6) is 0.640. The predicted molar refractivity (Wildman–Crippen MR) is 70.3 cm³/mol. The normalized spacial score (nSPS) is 13.2. The molecular formula is C12H15NS2. The molecule has 2 aromatic rings. The Balaban J connectivity index is 2.41. The smallest absolute Gasteiger partial charge is 0.159 e. The van der Waals surface area contributed by atoms with Gasteiger partial charge >= 0.3 is 0 Å². The van der Waals surface area contributed by atoms with Crippen molar-refractivity contribution in [3.8, 4) is 0 Å². The first-order valence-electron chi connectivity index (χ1n) is 5.33. The zero-order valence-electron chi connectivity index (χ0n) is 9.04. The van der Waals surface area contributed by atoms with E-state index in [2.05, 4.69) is 37.0 Å². The lowest BCUT2D eigenvalue weighted by atomic mass is 9.96. The molecule has 0 amide bonds. The highest BCUT2D eigenvalue weighted by Crippen LogP contribution is 2.26. The molecule has 3 heteroatoms. The van der Waals surface area contributed by atoms with Crippen LogP contribution < -0.4 is 0 Å². The van der Waals surface area contributed by atoms with E-state index >= 15 is 0 Å². The summed E-state index contributed by atoms with van der Waals surface area (Å²) in [4.78, 5) is 3.23. The second kappa shape index (κ2) is 4.45. The van der Waals surface area contributed by atoms with Gasteiger partial charge in [-0.2, -0.15) is 0 Å². The van der Waals surface area contributed by atoms with Crippen molar-refractivity contribution in [2.24, 2.45) is 0 Å². The van der Waals surface area contributed by atoms with Crippen LogP contribution in [0.25, 0.3) is 10.2 Å². The molecular weight excluding hydrogens is 222 g/mol. The molecule has 0 spiro atoms. The fraction of sp³-hybridized carbons (Fsp3) is 0.417. The van der Waals surface area contributed by atoms with Crippen molar-refractivity contribution in [1.29, 1.82) is 0 Å². The van der Waals surface area contributed by atoms with Crippen LogP contribution in [0.3, 0.4) is 0 Å². The van der Waals surface area contributed by atoms with Gasteiger partial charge < -0.3 is 4.98 Å². The molecule has 1 nitrogen and oxygen atoms in total. The maximum absolute atomic E-state index is 5.14. The first-order valence-corrected chi connectivity index (χ1v) is 6.56. The Morgan fingerprint density at radius 3 is 3.00 bits per heavy atom. The van der Waals surface area contributed by atoms with E-state index in [1.807, 2.05) is 0 Å². The number of H-pyrrole nitrogens is 1. The van der Waals surface area contributed by atoms with Crippen LogP contribution in [0.1, 0.15) is 38.2 Å². The molecule has 1 N–H and O–H groups in total. The molecule has 0 saturated heterocycles. The van der Waals surface area contributed by atoms with E-state index in [4.69, 9.17) is 12.2 Å². The van der Waals surface area contributed by atoms with Gasteiger partial charge in [-0.3, -0.25) is 0 Å². The Morgan fingerprint density at radius 2 is 2.27 bits per heavy atom. The van der Waals surface area contributed by atoms with Crippen LogP contribution in [0.5, 0.6) is 0 Å². The summed E-state index contributed by atoms with van der Waals surface area (Å²) in [6, 6.07) is 6.64. The van der Waals surface area contributed by atoms with Gasteiger partial charge in [0.2, 0.25) is 0 Å². The third kappa shape index (κ3) is 2.29. The molecule has 0 aliphatic rings. The highest BCUT2D eigenvalue weighted by atomic mass is 32.1. The number of fused-ring (bicyclic) bond motifs is 1. The first-order chi connectivity index (χ1) is 7.20. The van der Waals surface area contributed by atoms with Crippen LogP contribution in [0.15, 0.2) is 18.2 Å². The van der Waals surface area contributed by atoms with Crippen LogP contribution in [0.2, 0.25) is 0 Å². The molecule has 1 atom stereocenters. The molecule has 0 bridgehead atoms. The van der Waals surface area contributed by atoms with E-state index in [0.29, 0.717) is 5.92 Å². The number of aromatic nitrogens is 1. The average molecular weight is 237 g/mol. The summed E-state index contributed by atoms with van der Waals surface area (Å²) in [7, 11) is 0. The molecule has 2 rings (SSSR count). The molecule has 0 fully saturated rings. The van der Waals surface area contributed by atoms with Crippen LogP contribution in [-0.2, 0) is 0 Å². The average Bonchev–Trinajstić information content (AvgIpc) is 2.57. The van der Waals surface area contributed by atoms with Gasteiger partial charge in [-0.1, -0.05) is 26.3 Å². The molecule has 80 valence electrons. The summed E-state index contributed by atoms with van der Waals surface area (Å²) >= 11 is 6.78. The molecule has 15 heavy (non-hydrogen) atoms. The molecule has 1 heterocycles. The van der Waals surface area contributed by atoms with Crippen molar-refractivity contribution < 1.29 is 0 Å². The van der Waals surface area contributed by atoms with E-state index in [0.717, 1.165) is 3.95 Å². The molecule has 0 saturated carbocycles. The van der Waals surface area contributed by atoms with Gasteiger partial charge in [0.05, 0.1) is 10.2 Å². The Hall–Kier alpha value is -0.670. The molecule has 0 aliphatic heterocycles. The quantitative estimate of drug-likeness (QED) is 0.754. The van der Waals surface area contributed by atoms with Gasteiger partial charge in [-0.05, 0) is 42.3 Å². The van der Waals surface area contributed by atoms with Crippen molar-refractivity contribution >= 4 is 33.8 Å². The lowest BCUT2D eigenvalue weighted by Crippen LogP contribution is -1.92. The lowest BCUT2D eigenvalue weighted by Gasteiger charge is -2.09. The van der Waals surface area contributed by atoms with Gasteiger partial charge in [0.15, 0.2) is 3.95 Å². The third-order valence-electron chi connectivity index (χ3n) is 2.73. The van der Waals surface area contributed by atoms with Gasteiger partial charge in [-0.25, -0.2) is 0 Å². The van der Waals surface area contributed by atoms with Crippen molar-refractivity contribution in [2.45, 2.75) is 32.6 Å². The van der Waals surface area contributed by atoms with E-state index in [-0.39, 0.29) is 0 Å². The van der Waals surface area contributed by atoms with Gasteiger partial charge in [0, 0.05) is 0 Å². The number of rotatable bonds is 3. The van der Waals surface area contributed by atoms with E-state index in [1.165, 1.54) is 28.6 Å². The van der Waals surface area contributed by atoms with Crippen molar-refractivity contribution in [3.63, 3.8) is 0 Å². The standard InChI is InChI=1S/C12H15NS2/c1-3-4-8(2)9-5-6-11-10(7-9)13-12(14)15-11/h5-8H,3-4H2,1-2H3,(H,13,14). The van der Waals surface area contributed by atoms with E-state index < -0.39 is 0 Å². The molecule has 1 aromatic heterocycles. The second-order valence-corrected chi connectivity index (χ2v) is 5.68. The SMILES string of the molecule is CCCC(C)c1ccc2sc(=S)[nH]c2c1. The minimum Gasteiger partial charge on any atom is -0.337 e. The Labute approximate surface area is 99.2 Å². The summed E-state index contributed by atoms with van der Waals surface area (Å²) < 4.78 is 2.12. The minimum absolute atomic E-state index is 0.640. The number of thiazole rings is 1. The molecule has 0 aliphatic carbocycles. The van der Waals surface area contributed by atoms with Gasteiger partial charge in [-0.15, -0.1) is 11.3 Å². The van der Waals surface area contributed by atoms with Crippen molar-refractivity contribution in [1.82, 2.24) is 4.98 Å². The largest absolute Gasteiger partial charge is 0.337 e. The fourth-order valence-electron chi connectivity index (χ4n) is 1.88. The number of aromatic amines is 1. The zero-order valence-corrected chi connectivity index (χ0v) is 10.7. The molecule has 1 aromatic carbocycles. The van der Waals surface area contributed by atoms with Crippen LogP contribution in [-0.4, -0.2) is 4.98 Å². The second-order valence-electron chi connectivity index (χ2n) is 3.96. The maximum atomic E-state index is 5.14. The Bertz CT molecular complexity index is 510. The van der Waals surface area contributed by atoms with Crippen LogP contribution >= 0.6 is 23.6 Å². The Kier molecular flexibility index (Phi) is 3.22. The van der Waals surface area contributed by atoms with E-state index in [9.17, 15) is 0 Å². The monoisotopic (exact) mass is 237 g/mol. The highest BCUT2D eigenvalue weighted by molar-refractivity contribution is 7.73. The topological polar surface area (TPSA) is 15.8 Å². The molecule has 0 radical (unpaired) electrons. The number of hydrogen-bond acceptors (Lipinski definition) is 2. The van der Waals surface area contributed by atoms with E-state index in [1.54, 1.807) is 11.3 Å². The lowest BCUT2D eigenvalue weighted by molar-refractivity contribution is 0.665. The van der Waals surface area contributed by atoms with Crippen LogP contribution in [0.4, 0.5) is 0 Å². The number of nitrogens with one attached hydrogen (secondary N) is 1. The first kappa shape index (κ1) is 10.8. The third-order valence-corrected chi connectivity index (χ3v) is 3.95. The summed E-state index contributed by atoms with van der Waals surface area (Å²) in [5.41, 5.74) is 2.60. The fourth-order valence-corrected chi connectivity index (χ4v) is 2.97. The highest BCUT2D eigenvalue weighted by Gasteiger charge is 2.06. The zero-order chi connectivity index (χ0) is 10.8. The van der Waals surface area contributed by atoms with Gasteiger partial charge in [0.25, 0.3) is 0 Å². The van der Waals surface area contributed by atoms with Crippen LogP contribution in [0, 0.1) is 3.95 Å². The summed E-state index contributed by atoms with van der Waals surface area (Å²) in [6.07, 6.45) is 2.48. The van der Waals surface area contributed by atoms with Crippen molar-refractivity contribution in [3.05, 3.63) is 27.7 Å². The maximum Gasteiger partial charge on any atom is 0.159 e. The van der Waals surface area contributed by atoms with Crippen molar-refractivity contribution in [2.75, 3.05) is 0 Å². The van der Waals surface area contributed by atoms with Gasteiger partial charge in [0.1, 0.15) is 0 Å². The predicted octanol–water partition coefficient (Wildman–Crippen LogP) is 4.86. The summed E-state index contributed by atoms with van der Waals surface area (Å²) in [6.45, 7) is 4.51. The Morgan fingerprint density at radius 1 is 1.47 bits per heavy atom. The number of hydrogen-bond donors (Lipinski definition) is 1. The summed E-state index contributed by atoms with van der Waals surface area (Å²) in [5, 5.41) is 0. The minimum atomic E-state index is 0.640.